The van der Waals surface area contributed by atoms with Crippen LogP contribution in [0.5, 0.6) is 0 Å². The van der Waals surface area contributed by atoms with E-state index in [2.05, 4.69) is 10.3 Å². The third-order valence-electron chi connectivity index (χ3n) is 3.40. The van der Waals surface area contributed by atoms with Crippen LogP contribution in [0.1, 0.15) is 29.5 Å². The van der Waals surface area contributed by atoms with Crippen LogP contribution in [0.15, 0.2) is 36.5 Å². The van der Waals surface area contributed by atoms with E-state index in [-0.39, 0.29) is 0 Å². The van der Waals surface area contributed by atoms with Crippen molar-refractivity contribution in [1.82, 2.24) is 4.98 Å². The lowest BCUT2D eigenvalue weighted by Gasteiger charge is -2.32. The van der Waals surface area contributed by atoms with E-state index in [1.165, 1.54) is 6.07 Å². The molecule has 0 saturated heterocycles. The summed E-state index contributed by atoms with van der Waals surface area (Å²) in [5, 5.41) is 12.0. The molecule has 0 saturated carbocycles. The third kappa shape index (κ3) is 1.90. The minimum atomic E-state index is -2.94. The minimum Gasteiger partial charge on any atom is -0.340 e. The Hall–Kier alpha value is -2.48. The molecule has 0 amide bonds. The molecule has 3 nitrogen and oxygen atoms in total. The average molecular weight is 271 g/mol. The van der Waals surface area contributed by atoms with E-state index in [4.69, 9.17) is 5.26 Å². The molecule has 1 N–H and O–H groups in total. The van der Waals surface area contributed by atoms with Gasteiger partial charge in [-0.3, -0.25) is 0 Å². The van der Waals surface area contributed by atoms with Gasteiger partial charge in [0.25, 0.3) is 5.92 Å². The lowest BCUT2D eigenvalue weighted by Crippen LogP contribution is -2.28. The highest BCUT2D eigenvalue weighted by molar-refractivity contribution is 5.72. The first-order valence-electron chi connectivity index (χ1n) is 6.14. The van der Waals surface area contributed by atoms with Crippen LogP contribution in [0, 0.1) is 11.3 Å². The molecule has 1 aromatic heterocycles. The van der Waals surface area contributed by atoms with E-state index in [1.807, 2.05) is 6.07 Å². The summed E-state index contributed by atoms with van der Waals surface area (Å²) in [7, 11) is 0. The molecule has 2 heterocycles. The monoisotopic (exact) mass is 271 g/mol. The molecule has 100 valence electrons. The number of alkyl halides is 2. The number of nitrogens with one attached hydrogen (secondary N) is 1. The third-order valence-corrected chi connectivity index (χ3v) is 3.40. The number of nitriles is 1. The van der Waals surface area contributed by atoms with E-state index in [0.29, 0.717) is 28.2 Å². The molecule has 1 atom stereocenters. The molecule has 1 aromatic carbocycles. The maximum absolute atomic E-state index is 14.1. The molecule has 1 aliphatic rings. The first-order valence-corrected chi connectivity index (χ1v) is 6.14. The molecule has 0 radical (unpaired) electrons. The number of anilines is 2. The van der Waals surface area contributed by atoms with Crippen molar-refractivity contribution in [3.8, 4) is 6.07 Å². The Morgan fingerprint density at radius 1 is 1.30 bits per heavy atom. The van der Waals surface area contributed by atoms with Crippen LogP contribution in [-0.2, 0) is 0 Å². The number of hydrogen-bond donors (Lipinski definition) is 1. The van der Waals surface area contributed by atoms with Crippen molar-refractivity contribution in [2.75, 3.05) is 5.32 Å². The number of rotatable bonds is 1. The number of benzene rings is 1. The summed E-state index contributed by atoms with van der Waals surface area (Å²) in [6.07, 6.45) is 1.56. The molecule has 0 spiro atoms. The number of nitrogens with zero attached hydrogens (tertiary/aromatic N) is 2. The van der Waals surface area contributed by atoms with Gasteiger partial charge in [0, 0.05) is 24.4 Å². The van der Waals surface area contributed by atoms with E-state index in [0.717, 1.165) is 6.92 Å². The van der Waals surface area contributed by atoms with Gasteiger partial charge in [-0.15, -0.1) is 0 Å². The maximum Gasteiger partial charge on any atom is 0.256 e. The van der Waals surface area contributed by atoms with Gasteiger partial charge in [0.15, 0.2) is 0 Å². The second kappa shape index (κ2) is 4.27. The lowest BCUT2D eigenvalue weighted by atomic mass is 9.83. The summed E-state index contributed by atoms with van der Waals surface area (Å²) in [6.45, 7) is 0.891. The van der Waals surface area contributed by atoms with Crippen molar-refractivity contribution in [2.45, 2.75) is 18.8 Å². The highest BCUT2D eigenvalue weighted by Crippen LogP contribution is 2.47. The van der Waals surface area contributed by atoms with Crippen LogP contribution in [0.25, 0.3) is 0 Å². The Morgan fingerprint density at radius 3 is 2.80 bits per heavy atom. The Morgan fingerprint density at radius 2 is 2.10 bits per heavy atom. The smallest absolute Gasteiger partial charge is 0.256 e. The summed E-state index contributed by atoms with van der Waals surface area (Å²) in [5.41, 5.74) is 1.81. The number of halogens is 2. The first kappa shape index (κ1) is 12.5. The Balaban J connectivity index is 2.25. The predicted octanol–water partition coefficient (Wildman–Crippen LogP) is 3.80. The molecular weight excluding hydrogens is 260 g/mol. The standard InChI is InChI=1S/C15H11F2N3/c1-15(16,17)13-10-3-2-6-19-14(10)20-12-5-4-9(8-18)7-11(12)13/h2-7,13H,1H3,(H,19,20). The fraction of sp³-hybridized carbons (Fsp3) is 0.200. The van der Waals surface area contributed by atoms with Gasteiger partial charge in [0.05, 0.1) is 17.6 Å². The van der Waals surface area contributed by atoms with Crippen molar-refractivity contribution >= 4 is 11.5 Å². The summed E-state index contributed by atoms with van der Waals surface area (Å²) in [5.74, 6) is -3.60. The normalized spacial score (nSPS) is 16.6. The van der Waals surface area contributed by atoms with Crippen molar-refractivity contribution in [1.29, 1.82) is 5.26 Å². The van der Waals surface area contributed by atoms with Crippen molar-refractivity contribution in [2.24, 2.45) is 0 Å². The zero-order chi connectivity index (χ0) is 14.3. The van der Waals surface area contributed by atoms with E-state index < -0.39 is 11.8 Å². The van der Waals surface area contributed by atoms with Crippen LogP contribution in [-0.4, -0.2) is 10.9 Å². The van der Waals surface area contributed by atoms with E-state index >= 15 is 0 Å². The van der Waals surface area contributed by atoms with Gasteiger partial charge in [-0.2, -0.15) is 5.26 Å². The molecule has 1 aliphatic heterocycles. The fourth-order valence-corrected chi connectivity index (χ4v) is 2.58. The van der Waals surface area contributed by atoms with Gasteiger partial charge < -0.3 is 5.32 Å². The highest BCUT2D eigenvalue weighted by atomic mass is 19.3. The SMILES string of the molecule is CC(F)(F)C1c2cc(C#N)ccc2Nc2ncccc21. The van der Waals surface area contributed by atoms with Gasteiger partial charge in [-0.05, 0) is 29.8 Å². The van der Waals surface area contributed by atoms with Crippen LogP contribution in [0.2, 0.25) is 0 Å². The number of hydrogen-bond acceptors (Lipinski definition) is 3. The lowest BCUT2D eigenvalue weighted by molar-refractivity contribution is 0.00448. The van der Waals surface area contributed by atoms with Gasteiger partial charge in [-0.25, -0.2) is 13.8 Å². The zero-order valence-corrected chi connectivity index (χ0v) is 10.7. The number of aromatic nitrogens is 1. The van der Waals surface area contributed by atoms with Gasteiger partial charge >= 0.3 is 0 Å². The second-order valence-corrected chi connectivity index (χ2v) is 4.87. The molecule has 0 fully saturated rings. The maximum atomic E-state index is 14.1. The van der Waals surface area contributed by atoms with Crippen LogP contribution >= 0.6 is 0 Å². The second-order valence-electron chi connectivity index (χ2n) is 4.87. The minimum absolute atomic E-state index is 0.368. The predicted molar refractivity (Wildman–Crippen MR) is 71.1 cm³/mol. The highest BCUT2D eigenvalue weighted by Gasteiger charge is 2.41. The molecule has 0 bridgehead atoms. The summed E-state index contributed by atoms with van der Waals surface area (Å²) < 4.78 is 28.1. The fourth-order valence-electron chi connectivity index (χ4n) is 2.58. The topological polar surface area (TPSA) is 48.7 Å². The van der Waals surface area contributed by atoms with Gasteiger partial charge in [-0.1, -0.05) is 6.07 Å². The van der Waals surface area contributed by atoms with E-state index in [9.17, 15) is 8.78 Å². The molecule has 1 unspecified atom stereocenters. The quantitative estimate of drug-likeness (QED) is 0.858. The largest absolute Gasteiger partial charge is 0.340 e. The zero-order valence-electron chi connectivity index (χ0n) is 10.7. The van der Waals surface area contributed by atoms with Gasteiger partial charge in [0.2, 0.25) is 0 Å². The Kier molecular flexibility index (Phi) is 2.68. The molecule has 2 aromatic rings. The average Bonchev–Trinajstić information content (AvgIpc) is 2.42. The Bertz CT molecular complexity index is 714. The van der Waals surface area contributed by atoms with Crippen molar-refractivity contribution < 1.29 is 8.78 Å². The molecule has 3 rings (SSSR count). The van der Waals surface area contributed by atoms with E-state index in [1.54, 1.807) is 30.5 Å². The van der Waals surface area contributed by atoms with Crippen molar-refractivity contribution in [3.05, 3.63) is 53.2 Å². The first-order chi connectivity index (χ1) is 9.50. The van der Waals surface area contributed by atoms with Gasteiger partial charge in [0.1, 0.15) is 5.82 Å². The Labute approximate surface area is 114 Å². The summed E-state index contributed by atoms with van der Waals surface area (Å²) >= 11 is 0. The molecule has 0 aliphatic carbocycles. The molecule has 5 heteroatoms. The van der Waals surface area contributed by atoms with Crippen LogP contribution in [0.4, 0.5) is 20.3 Å². The van der Waals surface area contributed by atoms with Crippen molar-refractivity contribution in [3.63, 3.8) is 0 Å². The molecule has 20 heavy (non-hydrogen) atoms. The van der Waals surface area contributed by atoms with Crippen LogP contribution in [0.3, 0.4) is 0 Å². The number of fused-ring (bicyclic) bond motifs is 2. The summed E-state index contributed by atoms with van der Waals surface area (Å²) in [6, 6.07) is 10.0. The summed E-state index contributed by atoms with van der Waals surface area (Å²) in [4.78, 5) is 4.12. The van der Waals surface area contributed by atoms with Crippen LogP contribution < -0.4 is 5.32 Å². The number of pyridine rings is 1. The molecular formula is C15H11F2N3.